The van der Waals surface area contributed by atoms with Gasteiger partial charge in [-0.1, -0.05) is 23.7 Å². The second kappa shape index (κ2) is 8.84. The van der Waals surface area contributed by atoms with E-state index in [1.54, 1.807) is 36.4 Å². The van der Waals surface area contributed by atoms with Crippen molar-refractivity contribution in [3.05, 3.63) is 53.6 Å². The molecule has 0 fully saturated rings. The molecule has 0 saturated carbocycles. The number of amides is 1. The van der Waals surface area contributed by atoms with Gasteiger partial charge in [0.15, 0.2) is 0 Å². The Hall–Kier alpha value is -2.09. The van der Waals surface area contributed by atoms with E-state index < -0.39 is 10.0 Å². The molecular formula is C17H19ClN2O4S. The zero-order chi connectivity index (χ0) is 18.3. The van der Waals surface area contributed by atoms with Gasteiger partial charge in [-0.05, 0) is 36.8 Å². The average Bonchev–Trinajstić information content (AvgIpc) is 2.54. The first-order valence-corrected chi connectivity index (χ1v) is 9.48. The number of sulfonamides is 1. The molecule has 0 aliphatic heterocycles. The molecule has 2 aromatic rings. The van der Waals surface area contributed by atoms with Crippen LogP contribution in [0.3, 0.4) is 0 Å². The third-order valence-corrected chi connectivity index (χ3v) is 4.84. The molecule has 2 aromatic carbocycles. The number of hydrogen-bond acceptors (Lipinski definition) is 4. The van der Waals surface area contributed by atoms with Gasteiger partial charge in [-0.2, -0.15) is 0 Å². The van der Waals surface area contributed by atoms with Gasteiger partial charge >= 0.3 is 0 Å². The third kappa shape index (κ3) is 6.38. The van der Waals surface area contributed by atoms with Crippen LogP contribution in [0.1, 0.15) is 13.3 Å². The molecule has 0 aliphatic carbocycles. The van der Waals surface area contributed by atoms with Gasteiger partial charge in [0.25, 0.3) is 0 Å². The molecule has 0 saturated heterocycles. The normalized spacial score (nSPS) is 11.1. The monoisotopic (exact) mass is 382 g/mol. The molecule has 0 heterocycles. The van der Waals surface area contributed by atoms with Crippen molar-refractivity contribution in [3.8, 4) is 5.75 Å². The van der Waals surface area contributed by atoms with Gasteiger partial charge < -0.3 is 10.1 Å². The number of carbonyl (C=O) groups is 1. The molecule has 2 N–H and O–H groups in total. The summed E-state index contributed by atoms with van der Waals surface area (Å²) in [7, 11) is -3.59. The number of ether oxygens (including phenoxy) is 1. The Morgan fingerprint density at radius 3 is 2.64 bits per heavy atom. The fraction of sp³-hybridized carbons (Fsp3) is 0.235. The first kappa shape index (κ1) is 19.2. The molecule has 134 valence electrons. The second-order valence-electron chi connectivity index (χ2n) is 5.27. The molecule has 0 bridgehead atoms. The van der Waals surface area contributed by atoms with Crippen LogP contribution in [0.2, 0.25) is 5.02 Å². The maximum absolute atomic E-state index is 12.1. The zero-order valence-corrected chi connectivity index (χ0v) is 15.2. The van der Waals surface area contributed by atoms with E-state index >= 15 is 0 Å². The quantitative estimate of drug-likeness (QED) is 0.687. The van der Waals surface area contributed by atoms with Crippen molar-refractivity contribution in [2.75, 3.05) is 18.5 Å². The molecule has 0 spiro atoms. The number of benzene rings is 2. The van der Waals surface area contributed by atoms with Crippen molar-refractivity contribution in [1.29, 1.82) is 0 Å². The maximum Gasteiger partial charge on any atom is 0.240 e. The minimum Gasteiger partial charge on any atom is -0.493 e. The Morgan fingerprint density at radius 1 is 1.16 bits per heavy atom. The smallest absolute Gasteiger partial charge is 0.240 e. The van der Waals surface area contributed by atoms with Crippen LogP contribution in [-0.4, -0.2) is 27.5 Å². The number of anilines is 1. The Balaban J connectivity index is 1.79. The van der Waals surface area contributed by atoms with Gasteiger partial charge in [0, 0.05) is 30.2 Å². The summed E-state index contributed by atoms with van der Waals surface area (Å²) < 4.78 is 32.3. The topological polar surface area (TPSA) is 84.5 Å². The molecule has 1 amide bonds. The summed E-state index contributed by atoms with van der Waals surface area (Å²) in [5.41, 5.74) is 0.645. The molecule has 25 heavy (non-hydrogen) atoms. The van der Waals surface area contributed by atoms with Gasteiger partial charge in [-0.25, -0.2) is 13.1 Å². The molecular weight excluding hydrogens is 364 g/mol. The van der Waals surface area contributed by atoms with E-state index in [1.165, 1.54) is 19.1 Å². The molecule has 0 aromatic heterocycles. The summed E-state index contributed by atoms with van der Waals surface area (Å²) in [5, 5.41) is 3.03. The standard InChI is InChI=1S/C17H19ClN2O4S/c1-13(21)20-15-6-3-7-16(12-15)24-10-4-9-19-25(22,23)17-8-2-5-14(18)11-17/h2-3,5-8,11-12,19H,4,9-10H2,1H3,(H,20,21). The highest BCUT2D eigenvalue weighted by molar-refractivity contribution is 7.89. The molecule has 0 radical (unpaired) electrons. The van der Waals surface area contributed by atoms with E-state index in [9.17, 15) is 13.2 Å². The van der Waals surface area contributed by atoms with Crippen molar-refractivity contribution in [1.82, 2.24) is 4.72 Å². The van der Waals surface area contributed by atoms with Gasteiger partial charge in [-0.3, -0.25) is 4.79 Å². The highest BCUT2D eigenvalue weighted by Gasteiger charge is 2.13. The van der Waals surface area contributed by atoms with E-state index in [0.29, 0.717) is 29.5 Å². The summed E-state index contributed by atoms with van der Waals surface area (Å²) in [6.07, 6.45) is 0.490. The Morgan fingerprint density at radius 2 is 1.92 bits per heavy atom. The van der Waals surface area contributed by atoms with Crippen LogP contribution < -0.4 is 14.8 Å². The van der Waals surface area contributed by atoms with Crippen LogP contribution in [0.4, 0.5) is 5.69 Å². The van der Waals surface area contributed by atoms with Crippen LogP contribution >= 0.6 is 11.6 Å². The number of rotatable bonds is 8. The van der Waals surface area contributed by atoms with Gasteiger partial charge in [0.2, 0.25) is 15.9 Å². The van der Waals surface area contributed by atoms with Crippen LogP contribution in [0.25, 0.3) is 0 Å². The summed E-state index contributed by atoms with van der Waals surface area (Å²) in [6.45, 7) is 2.00. The Kier molecular flexibility index (Phi) is 6.81. The largest absolute Gasteiger partial charge is 0.493 e. The van der Waals surface area contributed by atoms with Gasteiger partial charge in [0.05, 0.1) is 11.5 Å². The highest BCUT2D eigenvalue weighted by atomic mass is 35.5. The lowest BCUT2D eigenvalue weighted by atomic mass is 10.3. The fourth-order valence-electron chi connectivity index (χ4n) is 2.05. The zero-order valence-electron chi connectivity index (χ0n) is 13.7. The molecule has 2 rings (SSSR count). The second-order valence-corrected chi connectivity index (χ2v) is 7.47. The number of carbonyl (C=O) groups excluding carboxylic acids is 1. The summed E-state index contributed by atoms with van der Waals surface area (Å²) in [5.74, 6) is 0.441. The van der Waals surface area contributed by atoms with E-state index in [-0.39, 0.29) is 17.3 Å². The SMILES string of the molecule is CC(=O)Nc1cccc(OCCCNS(=O)(=O)c2cccc(Cl)c2)c1. The molecule has 0 atom stereocenters. The van der Waals surface area contributed by atoms with Crippen molar-refractivity contribution >= 4 is 33.2 Å². The predicted octanol–water partition coefficient (Wildman–Crippen LogP) is 3.05. The van der Waals surface area contributed by atoms with Crippen molar-refractivity contribution in [3.63, 3.8) is 0 Å². The lowest BCUT2D eigenvalue weighted by Crippen LogP contribution is -2.25. The molecule has 0 unspecified atom stereocenters. The van der Waals surface area contributed by atoms with E-state index in [0.717, 1.165) is 0 Å². The first-order valence-electron chi connectivity index (χ1n) is 7.62. The first-order chi connectivity index (χ1) is 11.9. The maximum atomic E-state index is 12.1. The minimum atomic E-state index is -3.59. The van der Waals surface area contributed by atoms with Crippen molar-refractivity contribution in [2.24, 2.45) is 0 Å². The number of halogens is 1. The lowest BCUT2D eigenvalue weighted by molar-refractivity contribution is -0.114. The summed E-state index contributed by atoms with van der Waals surface area (Å²) in [4.78, 5) is 11.2. The molecule has 8 heteroatoms. The van der Waals surface area contributed by atoms with Crippen LogP contribution in [0.15, 0.2) is 53.4 Å². The van der Waals surface area contributed by atoms with Crippen molar-refractivity contribution in [2.45, 2.75) is 18.2 Å². The van der Waals surface area contributed by atoms with E-state index in [4.69, 9.17) is 16.3 Å². The molecule has 6 nitrogen and oxygen atoms in total. The highest BCUT2D eigenvalue weighted by Crippen LogP contribution is 2.18. The summed E-state index contributed by atoms with van der Waals surface area (Å²) >= 11 is 5.81. The van der Waals surface area contributed by atoms with Crippen LogP contribution in [0.5, 0.6) is 5.75 Å². The van der Waals surface area contributed by atoms with Gasteiger partial charge in [-0.15, -0.1) is 0 Å². The third-order valence-electron chi connectivity index (χ3n) is 3.14. The lowest BCUT2D eigenvalue weighted by Gasteiger charge is -2.09. The van der Waals surface area contributed by atoms with E-state index in [1.807, 2.05) is 0 Å². The molecule has 0 aliphatic rings. The predicted molar refractivity (Wildman–Crippen MR) is 97.5 cm³/mol. The van der Waals surface area contributed by atoms with Crippen molar-refractivity contribution < 1.29 is 17.9 Å². The van der Waals surface area contributed by atoms with E-state index in [2.05, 4.69) is 10.0 Å². The van der Waals surface area contributed by atoms with Gasteiger partial charge in [0.1, 0.15) is 5.75 Å². The van der Waals surface area contributed by atoms with Crippen LogP contribution in [-0.2, 0) is 14.8 Å². The Bertz CT molecular complexity index is 840. The number of nitrogens with one attached hydrogen (secondary N) is 2. The van der Waals surface area contributed by atoms with Crippen LogP contribution in [0, 0.1) is 0 Å². The Labute approximate surface area is 152 Å². The average molecular weight is 383 g/mol. The summed E-state index contributed by atoms with van der Waals surface area (Å²) in [6, 6.07) is 13.1. The minimum absolute atomic E-state index is 0.129. The number of hydrogen-bond donors (Lipinski definition) is 2. The fourth-order valence-corrected chi connectivity index (χ4v) is 3.43.